The van der Waals surface area contributed by atoms with Crippen molar-refractivity contribution in [3.05, 3.63) is 29.8 Å². The van der Waals surface area contributed by atoms with Crippen molar-refractivity contribution in [2.45, 2.75) is 25.9 Å². The maximum atomic E-state index is 11.1. The molecule has 0 aliphatic carbocycles. The molecule has 2 unspecified atom stereocenters. The fraction of sp³-hybridized carbons (Fsp3) is 0.500. The van der Waals surface area contributed by atoms with Crippen LogP contribution in [0.25, 0.3) is 0 Å². The summed E-state index contributed by atoms with van der Waals surface area (Å²) in [6, 6.07) is 7.01. The van der Waals surface area contributed by atoms with Crippen LogP contribution in [0.15, 0.2) is 24.3 Å². The molecule has 1 fully saturated rings. The Labute approximate surface area is 107 Å². The average molecular weight is 249 g/mol. The molecule has 0 amide bonds. The van der Waals surface area contributed by atoms with E-state index in [4.69, 9.17) is 9.84 Å². The molecule has 1 heterocycles. The van der Waals surface area contributed by atoms with Crippen LogP contribution in [-0.4, -0.2) is 30.3 Å². The molecule has 1 aromatic rings. The summed E-state index contributed by atoms with van der Waals surface area (Å²) in [5.74, 6) is -0.426. The van der Waals surface area contributed by atoms with Gasteiger partial charge in [-0.25, -0.2) is 4.79 Å². The normalized spacial score (nSPS) is 22.9. The van der Waals surface area contributed by atoms with Gasteiger partial charge in [0.25, 0.3) is 0 Å². The number of ether oxygens (including phenoxy) is 1. The van der Waals surface area contributed by atoms with Crippen LogP contribution < -0.4 is 5.32 Å². The van der Waals surface area contributed by atoms with Crippen LogP contribution >= 0.6 is 0 Å². The SMILES string of the molecule is CCC1OCCC1CNc1ccccc1C(=O)O. The Morgan fingerprint density at radius 3 is 3.00 bits per heavy atom. The van der Waals surface area contributed by atoms with Crippen molar-refractivity contribution in [3.8, 4) is 0 Å². The number of benzene rings is 1. The molecule has 2 rings (SSSR count). The Bertz CT molecular complexity index is 419. The second kappa shape index (κ2) is 5.87. The fourth-order valence-corrected chi connectivity index (χ4v) is 2.44. The van der Waals surface area contributed by atoms with Crippen LogP contribution in [0.4, 0.5) is 5.69 Å². The maximum Gasteiger partial charge on any atom is 0.337 e. The zero-order valence-electron chi connectivity index (χ0n) is 10.6. The highest BCUT2D eigenvalue weighted by Gasteiger charge is 2.26. The first-order chi connectivity index (χ1) is 8.72. The minimum atomic E-state index is -0.896. The van der Waals surface area contributed by atoms with E-state index in [0.717, 1.165) is 26.0 Å². The Kier molecular flexibility index (Phi) is 4.20. The van der Waals surface area contributed by atoms with Crippen LogP contribution in [0.2, 0.25) is 0 Å². The number of para-hydroxylation sites is 1. The van der Waals surface area contributed by atoms with E-state index in [1.165, 1.54) is 0 Å². The van der Waals surface area contributed by atoms with Gasteiger partial charge in [-0.05, 0) is 25.0 Å². The molecule has 98 valence electrons. The largest absolute Gasteiger partial charge is 0.478 e. The van der Waals surface area contributed by atoms with E-state index < -0.39 is 5.97 Å². The number of carboxylic acids is 1. The molecular weight excluding hydrogens is 230 g/mol. The molecule has 1 saturated heterocycles. The second-order valence-corrected chi connectivity index (χ2v) is 4.60. The van der Waals surface area contributed by atoms with Crippen molar-refractivity contribution in [3.63, 3.8) is 0 Å². The molecule has 0 saturated carbocycles. The number of rotatable bonds is 5. The molecule has 1 aromatic carbocycles. The minimum Gasteiger partial charge on any atom is -0.478 e. The van der Waals surface area contributed by atoms with E-state index in [1.54, 1.807) is 18.2 Å². The predicted octanol–water partition coefficient (Wildman–Crippen LogP) is 2.61. The minimum absolute atomic E-state index is 0.300. The molecule has 1 aliphatic rings. The van der Waals surface area contributed by atoms with E-state index in [9.17, 15) is 4.79 Å². The first-order valence-electron chi connectivity index (χ1n) is 6.40. The lowest BCUT2D eigenvalue weighted by Gasteiger charge is -2.18. The van der Waals surface area contributed by atoms with Gasteiger partial charge in [0.1, 0.15) is 0 Å². The predicted molar refractivity (Wildman–Crippen MR) is 70.0 cm³/mol. The molecule has 4 nitrogen and oxygen atoms in total. The van der Waals surface area contributed by atoms with Crippen molar-refractivity contribution < 1.29 is 14.6 Å². The van der Waals surface area contributed by atoms with Gasteiger partial charge in [0.15, 0.2) is 0 Å². The number of anilines is 1. The molecule has 4 heteroatoms. The smallest absolute Gasteiger partial charge is 0.337 e. The van der Waals surface area contributed by atoms with Crippen LogP contribution in [0.1, 0.15) is 30.1 Å². The number of carboxylic acid groups (broad SMARTS) is 1. The lowest BCUT2D eigenvalue weighted by molar-refractivity contribution is 0.0698. The Morgan fingerprint density at radius 1 is 1.50 bits per heavy atom. The van der Waals surface area contributed by atoms with Gasteiger partial charge in [-0.15, -0.1) is 0 Å². The van der Waals surface area contributed by atoms with Crippen molar-refractivity contribution in [1.29, 1.82) is 0 Å². The zero-order chi connectivity index (χ0) is 13.0. The van der Waals surface area contributed by atoms with E-state index >= 15 is 0 Å². The van der Waals surface area contributed by atoms with Gasteiger partial charge in [0, 0.05) is 24.8 Å². The highest BCUT2D eigenvalue weighted by molar-refractivity contribution is 5.94. The zero-order valence-corrected chi connectivity index (χ0v) is 10.6. The molecule has 18 heavy (non-hydrogen) atoms. The van der Waals surface area contributed by atoms with E-state index in [0.29, 0.717) is 23.3 Å². The first-order valence-corrected chi connectivity index (χ1v) is 6.40. The van der Waals surface area contributed by atoms with Crippen LogP contribution in [-0.2, 0) is 4.74 Å². The van der Waals surface area contributed by atoms with Crippen molar-refractivity contribution in [2.24, 2.45) is 5.92 Å². The molecule has 1 aliphatic heterocycles. The summed E-state index contributed by atoms with van der Waals surface area (Å²) < 4.78 is 5.62. The topological polar surface area (TPSA) is 58.6 Å². The van der Waals surface area contributed by atoms with Gasteiger partial charge in [-0.2, -0.15) is 0 Å². The number of carbonyl (C=O) groups is 1. The maximum absolute atomic E-state index is 11.1. The number of hydrogen-bond donors (Lipinski definition) is 2. The van der Waals surface area contributed by atoms with Crippen molar-refractivity contribution >= 4 is 11.7 Å². The highest BCUT2D eigenvalue weighted by atomic mass is 16.5. The standard InChI is InChI=1S/C14H19NO3/c1-2-13-10(7-8-18-13)9-15-12-6-4-3-5-11(12)14(16)17/h3-6,10,13,15H,2,7-9H2,1H3,(H,16,17). The van der Waals surface area contributed by atoms with E-state index in [2.05, 4.69) is 12.2 Å². The van der Waals surface area contributed by atoms with Gasteiger partial charge < -0.3 is 15.2 Å². The third-order valence-electron chi connectivity index (χ3n) is 3.46. The van der Waals surface area contributed by atoms with Crippen LogP contribution in [0.3, 0.4) is 0 Å². The van der Waals surface area contributed by atoms with Gasteiger partial charge in [-0.1, -0.05) is 19.1 Å². The lowest BCUT2D eigenvalue weighted by atomic mass is 9.99. The summed E-state index contributed by atoms with van der Waals surface area (Å²) in [4.78, 5) is 11.1. The fourth-order valence-electron chi connectivity index (χ4n) is 2.44. The lowest BCUT2D eigenvalue weighted by Crippen LogP contribution is -2.23. The summed E-state index contributed by atoms with van der Waals surface area (Å²) in [6.07, 6.45) is 2.35. The molecule has 2 N–H and O–H groups in total. The summed E-state index contributed by atoms with van der Waals surface area (Å²) in [7, 11) is 0. The first kappa shape index (κ1) is 12.9. The highest BCUT2D eigenvalue weighted by Crippen LogP contribution is 2.24. The number of hydrogen-bond acceptors (Lipinski definition) is 3. The van der Waals surface area contributed by atoms with Crippen LogP contribution in [0.5, 0.6) is 0 Å². The van der Waals surface area contributed by atoms with Gasteiger partial charge >= 0.3 is 5.97 Å². The van der Waals surface area contributed by atoms with E-state index in [1.807, 2.05) is 6.07 Å². The monoisotopic (exact) mass is 249 g/mol. The third kappa shape index (κ3) is 2.82. The quantitative estimate of drug-likeness (QED) is 0.842. The molecular formula is C14H19NO3. The summed E-state index contributed by atoms with van der Waals surface area (Å²) in [6.45, 7) is 3.70. The molecule has 0 spiro atoms. The van der Waals surface area contributed by atoms with Gasteiger partial charge in [0.05, 0.1) is 11.7 Å². The molecule has 0 aromatic heterocycles. The van der Waals surface area contributed by atoms with Crippen molar-refractivity contribution in [1.82, 2.24) is 0 Å². The second-order valence-electron chi connectivity index (χ2n) is 4.60. The molecule has 0 bridgehead atoms. The van der Waals surface area contributed by atoms with Gasteiger partial charge in [-0.3, -0.25) is 0 Å². The van der Waals surface area contributed by atoms with Gasteiger partial charge in [0.2, 0.25) is 0 Å². The molecule has 0 radical (unpaired) electrons. The van der Waals surface area contributed by atoms with E-state index in [-0.39, 0.29) is 0 Å². The summed E-state index contributed by atoms with van der Waals surface area (Å²) in [5.41, 5.74) is 1.01. The number of nitrogens with one attached hydrogen (secondary N) is 1. The average Bonchev–Trinajstić information content (AvgIpc) is 2.84. The Hall–Kier alpha value is -1.55. The number of aromatic carboxylic acids is 1. The van der Waals surface area contributed by atoms with Crippen molar-refractivity contribution in [2.75, 3.05) is 18.5 Å². The third-order valence-corrected chi connectivity index (χ3v) is 3.46. The van der Waals surface area contributed by atoms with Crippen LogP contribution in [0, 0.1) is 5.92 Å². The Balaban J connectivity index is 2.00. The summed E-state index contributed by atoms with van der Waals surface area (Å²) in [5, 5.41) is 12.3. The Morgan fingerprint density at radius 2 is 2.28 bits per heavy atom. The molecule has 2 atom stereocenters. The summed E-state index contributed by atoms with van der Waals surface area (Å²) >= 11 is 0.